The van der Waals surface area contributed by atoms with Crippen LogP contribution in [0.25, 0.3) is 0 Å². The Bertz CT molecular complexity index is 466. The number of carbonyl (C=O) groups is 1. The number of nitrogen functional groups attached to an aromatic ring is 1. The van der Waals surface area contributed by atoms with E-state index in [1.54, 1.807) is 0 Å². The Morgan fingerprint density at radius 3 is 2.71 bits per heavy atom. The summed E-state index contributed by atoms with van der Waals surface area (Å²) in [5.74, 6) is 2.27. The molecular formula is C12H16N4O. The van der Waals surface area contributed by atoms with Crippen LogP contribution in [0.2, 0.25) is 0 Å². The van der Waals surface area contributed by atoms with E-state index in [-0.39, 0.29) is 5.91 Å². The predicted molar refractivity (Wildman–Crippen MR) is 64.6 cm³/mol. The van der Waals surface area contributed by atoms with Crippen molar-refractivity contribution in [2.75, 3.05) is 11.1 Å². The van der Waals surface area contributed by atoms with Crippen LogP contribution in [0.15, 0.2) is 0 Å². The number of nitrogens with zero attached hydrogens (tertiary/aromatic N) is 2. The van der Waals surface area contributed by atoms with Crippen LogP contribution in [-0.2, 0) is 11.2 Å². The summed E-state index contributed by atoms with van der Waals surface area (Å²) in [6.07, 6.45) is 6.34. The second kappa shape index (κ2) is 3.98. The molecule has 1 aliphatic carbocycles. The lowest BCUT2D eigenvalue weighted by atomic mass is 9.88. The lowest BCUT2D eigenvalue weighted by Crippen LogP contribution is -2.12. The number of nitrogens with two attached hydrogens (primary N) is 1. The summed E-state index contributed by atoms with van der Waals surface area (Å²) < 4.78 is 0. The van der Waals surface area contributed by atoms with Gasteiger partial charge in [-0.3, -0.25) is 4.79 Å². The Morgan fingerprint density at radius 2 is 1.94 bits per heavy atom. The number of aromatic nitrogens is 2. The molecule has 1 amide bonds. The summed E-state index contributed by atoms with van der Waals surface area (Å²) in [6.45, 7) is 0. The third-order valence-corrected chi connectivity index (χ3v) is 3.62. The van der Waals surface area contributed by atoms with Crippen molar-refractivity contribution in [1.82, 2.24) is 9.97 Å². The molecule has 1 aromatic rings. The van der Waals surface area contributed by atoms with Gasteiger partial charge in [0.1, 0.15) is 17.5 Å². The lowest BCUT2D eigenvalue weighted by molar-refractivity contribution is -0.115. The molecule has 90 valence electrons. The Labute approximate surface area is 99.8 Å². The van der Waals surface area contributed by atoms with E-state index in [1.807, 2.05) is 0 Å². The SMILES string of the molecule is Nc1nc(C2CCCCC2)nc2c1CC(=O)N2. The topological polar surface area (TPSA) is 80.9 Å². The zero-order valence-corrected chi connectivity index (χ0v) is 9.70. The molecule has 1 saturated carbocycles. The van der Waals surface area contributed by atoms with Gasteiger partial charge in [0.25, 0.3) is 0 Å². The highest BCUT2D eigenvalue weighted by atomic mass is 16.1. The molecule has 1 aliphatic heterocycles. The van der Waals surface area contributed by atoms with E-state index in [9.17, 15) is 4.79 Å². The molecule has 0 bridgehead atoms. The Kier molecular flexibility index (Phi) is 2.46. The van der Waals surface area contributed by atoms with Gasteiger partial charge in [-0.1, -0.05) is 19.3 Å². The molecule has 0 atom stereocenters. The summed E-state index contributed by atoms with van der Waals surface area (Å²) in [4.78, 5) is 20.1. The second-order valence-electron chi connectivity index (χ2n) is 4.85. The number of amides is 1. The Balaban J connectivity index is 1.94. The average molecular weight is 232 g/mol. The maximum atomic E-state index is 11.3. The van der Waals surface area contributed by atoms with Crippen LogP contribution < -0.4 is 11.1 Å². The van der Waals surface area contributed by atoms with Crippen LogP contribution in [0.4, 0.5) is 11.6 Å². The van der Waals surface area contributed by atoms with Gasteiger partial charge in [0, 0.05) is 11.5 Å². The normalized spacial score (nSPS) is 20.1. The third kappa shape index (κ3) is 1.85. The first kappa shape index (κ1) is 10.5. The number of fused-ring (bicyclic) bond motifs is 1. The maximum Gasteiger partial charge on any atom is 0.230 e. The molecule has 5 heteroatoms. The molecule has 1 fully saturated rings. The number of anilines is 2. The minimum Gasteiger partial charge on any atom is -0.383 e. The zero-order valence-electron chi connectivity index (χ0n) is 9.70. The monoisotopic (exact) mass is 232 g/mol. The van der Waals surface area contributed by atoms with Gasteiger partial charge in [-0.15, -0.1) is 0 Å². The first-order valence-electron chi connectivity index (χ1n) is 6.20. The van der Waals surface area contributed by atoms with Crippen LogP contribution in [0, 0.1) is 0 Å². The quantitative estimate of drug-likeness (QED) is 0.770. The maximum absolute atomic E-state index is 11.3. The fourth-order valence-corrected chi connectivity index (χ4v) is 2.68. The molecule has 5 nitrogen and oxygen atoms in total. The van der Waals surface area contributed by atoms with Crippen molar-refractivity contribution in [1.29, 1.82) is 0 Å². The number of nitrogens with one attached hydrogen (secondary N) is 1. The minimum atomic E-state index is -0.0400. The summed E-state index contributed by atoms with van der Waals surface area (Å²) in [6, 6.07) is 0. The van der Waals surface area contributed by atoms with Crippen LogP contribution in [-0.4, -0.2) is 15.9 Å². The van der Waals surface area contributed by atoms with E-state index in [2.05, 4.69) is 15.3 Å². The van der Waals surface area contributed by atoms with E-state index >= 15 is 0 Å². The highest BCUT2D eigenvalue weighted by molar-refractivity contribution is 5.99. The molecule has 2 heterocycles. The van der Waals surface area contributed by atoms with E-state index in [1.165, 1.54) is 19.3 Å². The summed E-state index contributed by atoms with van der Waals surface area (Å²) in [5.41, 5.74) is 6.66. The standard InChI is InChI=1S/C12H16N4O/c13-10-8-6-9(17)14-12(8)16-11(15-10)7-4-2-1-3-5-7/h7H,1-6H2,(H3,13,14,15,16,17). The number of carbonyl (C=O) groups excluding carboxylic acids is 1. The highest BCUT2D eigenvalue weighted by Crippen LogP contribution is 2.33. The van der Waals surface area contributed by atoms with E-state index in [0.29, 0.717) is 24.0 Å². The van der Waals surface area contributed by atoms with Gasteiger partial charge in [-0.2, -0.15) is 0 Å². The van der Waals surface area contributed by atoms with Gasteiger partial charge in [0.2, 0.25) is 5.91 Å². The van der Waals surface area contributed by atoms with Crippen molar-refractivity contribution < 1.29 is 4.79 Å². The van der Waals surface area contributed by atoms with Crippen molar-refractivity contribution in [2.24, 2.45) is 0 Å². The fraction of sp³-hybridized carbons (Fsp3) is 0.583. The van der Waals surface area contributed by atoms with E-state index in [4.69, 9.17) is 5.73 Å². The molecule has 2 aliphatic rings. The third-order valence-electron chi connectivity index (χ3n) is 3.62. The zero-order chi connectivity index (χ0) is 11.8. The molecule has 0 spiro atoms. The molecule has 1 aromatic heterocycles. The van der Waals surface area contributed by atoms with Crippen LogP contribution in [0.3, 0.4) is 0 Å². The molecule has 0 unspecified atom stereocenters. The van der Waals surface area contributed by atoms with Crippen molar-refractivity contribution in [3.8, 4) is 0 Å². The summed E-state index contributed by atoms with van der Waals surface area (Å²) in [7, 11) is 0. The van der Waals surface area contributed by atoms with Gasteiger partial charge < -0.3 is 11.1 Å². The van der Waals surface area contributed by atoms with Gasteiger partial charge >= 0.3 is 0 Å². The molecule has 0 aromatic carbocycles. The van der Waals surface area contributed by atoms with Gasteiger partial charge in [0.05, 0.1) is 6.42 Å². The first-order chi connectivity index (χ1) is 8.24. The summed E-state index contributed by atoms with van der Waals surface area (Å²) in [5, 5.41) is 2.75. The second-order valence-corrected chi connectivity index (χ2v) is 4.85. The Morgan fingerprint density at radius 1 is 1.18 bits per heavy atom. The van der Waals surface area contributed by atoms with Crippen molar-refractivity contribution >= 4 is 17.5 Å². The minimum absolute atomic E-state index is 0.0400. The molecular weight excluding hydrogens is 216 g/mol. The van der Waals surface area contributed by atoms with E-state index < -0.39 is 0 Å². The largest absolute Gasteiger partial charge is 0.383 e. The van der Waals surface area contributed by atoms with Crippen LogP contribution in [0.1, 0.15) is 49.4 Å². The van der Waals surface area contributed by atoms with Crippen molar-refractivity contribution in [3.05, 3.63) is 11.4 Å². The first-order valence-corrected chi connectivity index (χ1v) is 6.20. The van der Waals surface area contributed by atoms with Crippen molar-refractivity contribution in [2.45, 2.75) is 44.4 Å². The van der Waals surface area contributed by atoms with Crippen LogP contribution in [0.5, 0.6) is 0 Å². The van der Waals surface area contributed by atoms with Gasteiger partial charge in [-0.25, -0.2) is 9.97 Å². The molecule has 3 rings (SSSR count). The highest BCUT2D eigenvalue weighted by Gasteiger charge is 2.26. The smallest absolute Gasteiger partial charge is 0.230 e. The average Bonchev–Trinajstić information content (AvgIpc) is 2.71. The lowest BCUT2D eigenvalue weighted by Gasteiger charge is -2.20. The fourth-order valence-electron chi connectivity index (χ4n) is 2.68. The predicted octanol–water partition coefficient (Wildman–Crippen LogP) is 1.60. The number of hydrogen-bond acceptors (Lipinski definition) is 4. The van der Waals surface area contributed by atoms with Gasteiger partial charge in [0.15, 0.2) is 0 Å². The Hall–Kier alpha value is -1.65. The molecule has 0 saturated heterocycles. The van der Waals surface area contributed by atoms with Gasteiger partial charge in [-0.05, 0) is 12.8 Å². The summed E-state index contributed by atoms with van der Waals surface area (Å²) >= 11 is 0. The van der Waals surface area contributed by atoms with Crippen molar-refractivity contribution in [3.63, 3.8) is 0 Å². The molecule has 0 radical (unpaired) electrons. The van der Waals surface area contributed by atoms with Crippen LogP contribution >= 0.6 is 0 Å². The number of hydrogen-bond donors (Lipinski definition) is 2. The molecule has 17 heavy (non-hydrogen) atoms. The number of rotatable bonds is 1. The van der Waals surface area contributed by atoms with E-state index in [0.717, 1.165) is 24.2 Å². The molecule has 3 N–H and O–H groups in total.